The van der Waals surface area contributed by atoms with E-state index in [1.54, 1.807) is 24.3 Å². The molecule has 5 heterocycles. The van der Waals surface area contributed by atoms with E-state index in [0.29, 0.717) is 55.5 Å². The predicted molar refractivity (Wildman–Crippen MR) is 162 cm³/mol. The van der Waals surface area contributed by atoms with Gasteiger partial charge >= 0.3 is 5.97 Å². The Morgan fingerprint density at radius 3 is 2.82 bits per heavy atom. The number of carboxylic acid groups (broad SMARTS) is 1. The lowest BCUT2D eigenvalue weighted by molar-refractivity contribution is -0.0592. The van der Waals surface area contributed by atoms with Crippen LogP contribution in [0, 0.1) is 11.3 Å². The first-order valence-corrected chi connectivity index (χ1v) is 15.3. The molecule has 3 atom stereocenters. The molecule has 2 aromatic heterocycles. The minimum atomic E-state index is -0.938. The van der Waals surface area contributed by atoms with Crippen LogP contribution in [-0.2, 0) is 30.9 Å². The smallest absolute Gasteiger partial charge is 0.335 e. The Morgan fingerprint density at radius 1 is 1.16 bits per heavy atom. The fraction of sp³-hybridized carbons (Fsp3) is 0.412. The highest BCUT2D eigenvalue weighted by molar-refractivity contribution is 5.92. The highest BCUT2D eigenvalue weighted by Crippen LogP contribution is 2.35. The first kappa shape index (κ1) is 28.3. The van der Waals surface area contributed by atoms with E-state index in [2.05, 4.69) is 28.5 Å². The Hall–Kier alpha value is -4.46. The van der Waals surface area contributed by atoms with Crippen LogP contribution < -0.4 is 9.47 Å². The van der Waals surface area contributed by atoms with E-state index in [-0.39, 0.29) is 11.7 Å². The van der Waals surface area contributed by atoms with E-state index in [0.717, 1.165) is 72.5 Å². The number of benzene rings is 2. The summed E-state index contributed by atoms with van der Waals surface area (Å²) in [6.07, 6.45) is 3.85. The number of hydrogen-bond donors (Lipinski definition) is 1. The van der Waals surface area contributed by atoms with Gasteiger partial charge in [0.1, 0.15) is 24.3 Å². The number of aromatic nitrogens is 3. The molecule has 3 aliphatic rings. The number of pyridine rings is 1. The number of aromatic carboxylic acids is 1. The molecule has 0 saturated carbocycles. The molecule has 2 fully saturated rings. The molecule has 1 N–H and O–H groups in total. The highest BCUT2D eigenvalue weighted by atomic mass is 16.5. The number of likely N-dealkylation sites (tertiary alicyclic amines) is 1. The second kappa shape index (κ2) is 11.9. The molecule has 3 aliphatic heterocycles. The molecule has 226 valence electrons. The summed E-state index contributed by atoms with van der Waals surface area (Å²) >= 11 is 0. The maximum Gasteiger partial charge on any atom is 0.335 e. The van der Waals surface area contributed by atoms with Crippen LogP contribution in [0.4, 0.5) is 0 Å². The lowest BCUT2D eigenvalue weighted by Crippen LogP contribution is -2.40. The molecule has 10 nitrogen and oxygen atoms in total. The molecule has 2 aromatic carbocycles. The van der Waals surface area contributed by atoms with Crippen molar-refractivity contribution < 1.29 is 24.1 Å². The maximum atomic E-state index is 11.7. The Kier molecular flexibility index (Phi) is 7.66. The van der Waals surface area contributed by atoms with Gasteiger partial charge in [-0.2, -0.15) is 5.26 Å². The van der Waals surface area contributed by atoms with E-state index in [4.69, 9.17) is 24.2 Å². The number of ether oxygens (including phenoxy) is 3. The lowest BCUT2D eigenvalue weighted by atomic mass is 9.88. The van der Waals surface area contributed by atoms with Gasteiger partial charge in [-0.1, -0.05) is 12.1 Å². The van der Waals surface area contributed by atoms with Crippen LogP contribution in [0.5, 0.6) is 11.6 Å². The minimum Gasteiger partial charge on any atom is -0.492 e. The van der Waals surface area contributed by atoms with E-state index >= 15 is 0 Å². The standard InChI is InChI=1S/C34H35N5O5/c1-21-15-22(28-3-2-4-32(37-28)44-20-25-6-5-24(17-35)33-27(25)11-14-43-33)9-12-38(21)19-31-36-29-8-7-23(34(40)41)16-30(29)39(31)18-26-10-13-42-26/h2-8,16,21-22,26H,9-15,18-20H2,1H3,(H,40,41)/t21-,22?,26-/m0/s1. The van der Waals surface area contributed by atoms with Crippen LogP contribution in [0.1, 0.15) is 70.7 Å². The Bertz CT molecular complexity index is 1760. The second-order valence-corrected chi connectivity index (χ2v) is 11.9. The highest BCUT2D eigenvalue weighted by Gasteiger charge is 2.30. The maximum absolute atomic E-state index is 11.7. The van der Waals surface area contributed by atoms with Gasteiger partial charge in [-0.05, 0) is 68.6 Å². The SMILES string of the molecule is C[C@H]1CC(c2cccc(OCc3ccc(C#N)c4c3CCO4)n2)CCN1Cc1nc2ccc(C(=O)O)cc2n1C[C@@H]1CCO1. The molecule has 1 unspecified atom stereocenters. The summed E-state index contributed by atoms with van der Waals surface area (Å²) in [6, 6.07) is 17.4. The van der Waals surface area contributed by atoms with Crippen molar-refractivity contribution >= 4 is 17.0 Å². The topological polar surface area (TPSA) is 123 Å². The zero-order valence-electron chi connectivity index (χ0n) is 24.7. The summed E-state index contributed by atoms with van der Waals surface area (Å²) in [6.45, 7) is 6.25. The van der Waals surface area contributed by atoms with Gasteiger partial charge in [-0.25, -0.2) is 14.8 Å². The normalized spacial score (nSPS) is 21.3. The van der Waals surface area contributed by atoms with Gasteiger partial charge in [0.25, 0.3) is 0 Å². The van der Waals surface area contributed by atoms with Crippen molar-refractivity contribution in [3.05, 3.63) is 82.3 Å². The molecule has 0 bridgehead atoms. The average molecular weight is 594 g/mol. The first-order valence-electron chi connectivity index (χ1n) is 15.3. The van der Waals surface area contributed by atoms with Crippen LogP contribution >= 0.6 is 0 Å². The van der Waals surface area contributed by atoms with Gasteiger partial charge in [0.15, 0.2) is 0 Å². The zero-order valence-corrected chi connectivity index (χ0v) is 24.7. The number of nitrogens with zero attached hydrogens (tertiary/aromatic N) is 5. The quantitative estimate of drug-likeness (QED) is 0.283. The number of nitriles is 1. The Labute approximate surface area is 255 Å². The molecule has 4 aromatic rings. The number of hydrogen-bond acceptors (Lipinski definition) is 8. The van der Waals surface area contributed by atoms with Crippen LogP contribution in [0.2, 0.25) is 0 Å². The van der Waals surface area contributed by atoms with Gasteiger partial charge in [-0.15, -0.1) is 0 Å². The third kappa shape index (κ3) is 5.49. The van der Waals surface area contributed by atoms with Crippen LogP contribution in [-0.4, -0.2) is 62.4 Å². The molecule has 0 radical (unpaired) electrons. The summed E-state index contributed by atoms with van der Waals surface area (Å²) in [7, 11) is 0. The number of fused-ring (bicyclic) bond motifs is 2. The Morgan fingerprint density at radius 2 is 2.05 bits per heavy atom. The summed E-state index contributed by atoms with van der Waals surface area (Å²) in [4.78, 5) is 23.9. The van der Waals surface area contributed by atoms with Gasteiger partial charge in [-0.3, -0.25) is 4.90 Å². The predicted octanol–water partition coefficient (Wildman–Crippen LogP) is 5.07. The average Bonchev–Trinajstić information content (AvgIpc) is 3.64. The number of rotatable bonds is 9. The molecule has 0 spiro atoms. The number of piperidine rings is 1. The molecule has 0 aliphatic carbocycles. The number of imidazole rings is 1. The van der Waals surface area contributed by atoms with Crippen molar-refractivity contribution in [1.82, 2.24) is 19.4 Å². The van der Waals surface area contributed by atoms with Gasteiger partial charge in [0, 0.05) is 42.3 Å². The lowest BCUT2D eigenvalue weighted by Gasteiger charge is -2.37. The van der Waals surface area contributed by atoms with E-state index in [1.165, 1.54) is 0 Å². The molecule has 44 heavy (non-hydrogen) atoms. The summed E-state index contributed by atoms with van der Waals surface area (Å²) in [5.74, 6) is 1.61. The molecule has 7 rings (SSSR count). The first-order chi connectivity index (χ1) is 21.5. The molecule has 2 saturated heterocycles. The van der Waals surface area contributed by atoms with E-state index in [1.807, 2.05) is 18.2 Å². The van der Waals surface area contributed by atoms with Crippen LogP contribution in [0.25, 0.3) is 11.0 Å². The molecule has 10 heteroatoms. The monoisotopic (exact) mass is 593 g/mol. The van der Waals surface area contributed by atoms with Crippen LogP contribution in [0.15, 0.2) is 48.5 Å². The third-order valence-electron chi connectivity index (χ3n) is 9.23. The third-order valence-corrected chi connectivity index (χ3v) is 9.23. The van der Waals surface area contributed by atoms with E-state index in [9.17, 15) is 15.2 Å². The largest absolute Gasteiger partial charge is 0.492 e. The van der Waals surface area contributed by atoms with Gasteiger partial charge < -0.3 is 23.9 Å². The van der Waals surface area contributed by atoms with E-state index < -0.39 is 5.97 Å². The van der Waals surface area contributed by atoms with Gasteiger partial charge in [0.05, 0.1) is 48.0 Å². The molecule has 0 amide bonds. The van der Waals surface area contributed by atoms with Crippen molar-refractivity contribution in [2.75, 3.05) is 19.8 Å². The fourth-order valence-electron chi connectivity index (χ4n) is 6.64. The number of carboxylic acids is 1. The second-order valence-electron chi connectivity index (χ2n) is 11.9. The van der Waals surface area contributed by atoms with Crippen molar-refractivity contribution in [2.45, 2.75) is 70.4 Å². The summed E-state index contributed by atoms with van der Waals surface area (Å²) in [5, 5.41) is 18.9. The van der Waals surface area contributed by atoms with Crippen molar-refractivity contribution in [2.24, 2.45) is 0 Å². The molecular weight excluding hydrogens is 558 g/mol. The Balaban J connectivity index is 1.03. The summed E-state index contributed by atoms with van der Waals surface area (Å²) in [5.41, 5.74) is 5.61. The van der Waals surface area contributed by atoms with Crippen molar-refractivity contribution in [3.63, 3.8) is 0 Å². The van der Waals surface area contributed by atoms with Crippen molar-refractivity contribution in [3.8, 4) is 17.7 Å². The minimum absolute atomic E-state index is 0.134. The number of carbonyl (C=O) groups is 1. The summed E-state index contributed by atoms with van der Waals surface area (Å²) < 4.78 is 19.7. The molecular formula is C34H35N5O5. The van der Waals surface area contributed by atoms with Gasteiger partial charge in [0.2, 0.25) is 5.88 Å². The zero-order chi connectivity index (χ0) is 30.2. The fourth-order valence-corrected chi connectivity index (χ4v) is 6.64. The van der Waals surface area contributed by atoms with Crippen molar-refractivity contribution in [1.29, 1.82) is 5.26 Å². The van der Waals surface area contributed by atoms with Crippen LogP contribution in [0.3, 0.4) is 0 Å².